The fourth-order valence-corrected chi connectivity index (χ4v) is 2.80. The van der Waals surface area contributed by atoms with E-state index in [1.807, 2.05) is 0 Å². The van der Waals surface area contributed by atoms with Crippen molar-refractivity contribution in [1.29, 1.82) is 0 Å². The van der Waals surface area contributed by atoms with Crippen molar-refractivity contribution in [2.24, 2.45) is 5.92 Å². The van der Waals surface area contributed by atoms with Crippen LogP contribution in [-0.2, 0) is 19.5 Å². The topological polar surface area (TPSA) is 24.1 Å². The van der Waals surface area contributed by atoms with Crippen LogP contribution in [0.2, 0.25) is 0 Å². The van der Waals surface area contributed by atoms with Crippen molar-refractivity contribution in [2.75, 3.05) is 13.1 Å². The Labute approximate surface area is 110 Å². The molecule has 1 aliphatic carbocycles. The zero-order chi connectivity index (χ0) is 12.2. The highest BCUT2D eigenvalue weighted by atomic mass is 14.9. The van der Waals surface area contributed by atoms with Crippen molar-refractivity contribution < 1.29 is 0 Å². The Morgan fingerprint density at radius 3 is 3.06 bits per heavy atom. The van der Waals surface area contributed by atoms with Gasteiger partial charge in [-0.2, -0.15) is 0 Å². The van der Waals surface area contributed by atoms with E-state index < -0.39 is 0 Å². The van der Waals surface area contributed by atoms with E-state index in [2.05, 4.69) is 28.8 Å². The van der Waals surface area contributed by atoms with Gasteiger partial charge in [-0.15, -0.1) is 0 Å². The number of nitrogens with one attached hydrogen (secondary N) is 2. The van der Waals surface area contributed by atoms with Gasteiger partial charge >= 0.3 is 0 Å². The van der Waals surface area contributed by atoms with Gasteiger partial charge in [0.15, 0.2) is 0 Å². The summed E-state index contributed by atoms with van der Waals surface area (Å²) in [5.74, 6) is 1.07. The first-order chi connectivity index (χ1) is 8.92. The van der Waals surface area contributed by atoms with Crippen LogP contribution in [0.3, 0.4) is 0 Å². The molecule has 3 rings (SSSR count). The minimum atomic E-state index is 1.03. The SMILES string of the molecule is c1cc2c(cc1CNCCCC1CC1)CNCC2. The second kappa shape index (κ2) is 5.85. The van der Waals surface area contributed by atoms with E-state index in [0.29, 0.717) is 0 Å². The molecule has 2 nitrogen and oxygen atoms in total. The predicted molar refractivity (Wildman–Crippen MR) is 75.5 cm³/mol. The van der Waals surface area contributed by atoms with Crippen LogP contribution in [0.5, 0.6) is 0 Å². The highest BCUT2D eigenvalue weighted by molar-refractivity contribution is 5.33. The summed E-state index contributed by atoms with van der Waals surface area (Å²) in [5.41, 5.74) is 4.47. The Balaban J connectivity index is 1.43. The van der Waals surface area contributed by atoms with Crippen molar-refractivity contribution in [3.63, 3.8) is 0 Å². The smallest absolute Gasteiger partial charge is 0.0208 e. The van der Waals surface area contributed by atoms with Gasteiger partial charge in [0.2, 0.25) is 0 Å². The molecule has 0 saturated heterocycles. The Morgan fingerprint density at radius 1 is 1.22 bits per heavy atom. The molecule has 0 aromatic heterocycles. The lowest BCUT2D eigenvalue weighted by molar-refractivity contribution is 0.592. The molecule has 0 spiro atoms. The van der Waals surface area contributed by atoms with Crippen LogP contribution in [0.4, 0.5) is 0 Å². The lowest BCUT2D eigenvalue weighted by atomic mass is 9.98. The van der Waals surface area contributed by atoms with Crippen LogP contribution in [0, 0.1) is 5.92 Å². The molecule has 1 fully saturated rings. The van der Waals surface area contributed by atoms with Gasteiger partial charge in [-0.3, -0.25) is 0 Å². The number of hydrogen-bond donors (Lipinski definition) is 2. The Kier molecular flexibility index (Phi) is 3.96. The largest absolute Gasteiger partial charge is 0.313 e. The highest BCUT2D eigenvalue weighted by Gasteiger charge is 2.19. The molecule has 0 atom stereocenters. The van der Waals surface area contributed by atoms with Crippen LogP contribution >= 0.6 is 0 Å². The highest BCUT2D eigenvalue weighted by Crippen LogP contribution is 2.33. The first-order valence-electron chi connectivity index (χ1n) is 7.44. The third kappa shape index (κ3) is 3.33. The molecule has 1 saturated carbocycles. The second-order valence-electron chi connectivity index (χ2n) is 5.79. The van der Waals surface area contributed by atoms with Crippen LogP contribution in [0.1, 0.15) is 42.4 Å². The standard InChI is InChI=1S/C16H24N2/c1(2-13-3-4-13)8-17-11-14-5-6-15-7-9-18-12-16(15)10-14/h5-6,10,13,17-18H,1-4,7-9,11-12H2. The minimum Gasteiger partial charge on any atom is -0.313 e. The van der Waals surface area contributed by atoms with E-state index >= 15 is 0 Å². The van der Waals surface area contributed by atoms with E-state index in [0.717, 1.165) is 25.6 Å². The predicted octanol–water partition coefficient (Wildman–Crippen LogP) is 2.61. The lowest BCUT2D eigenvalue weighted by Gasteiger charge is -2.18. The van der Waals surface area contributed by atoms with Gasteiger partial charge in [-0.05, 0) is 55.0 Å². The number of benzene rings is 1. The van der Waals surface area contributed by atoms with E-state index in [1.54, 1.807) is 0 Å². The number of fused-ring (bicyclic) bond motifs is 1. The molecule has 2 N–H and O–H groups in total. The molecule has 0 bridgehead atoms. The lowest BCUT2D eigenvalue weighted by Crippen LogP contribution is -2.24. The maximum atomic E-state index is 3.57. The summed E-state index contributed by atoms with van der Waals surface area (Å²) in [6, 6.07) is 6.98. The summed E-state index contributed by atoms with van der Waals surface area (Å²) in [6.07, 6.45) is 6.93. The third-order valence-corrected chi connectivity index (χ3v) is 4.15. The van der Waals surface area contributed by atoms with Gasteiger partial charge in [0.25, 0.3) is 0 Å². The zero-order valence-corrected chi connectivity index (χ0v) is 11.2. The van der Waals surface area contributed by atoms with E-state index in [1.165, 1.54) is 55.3 Å². The van der Waals surface area contributed by atoms with Crippen molar-refractivity contribution >= 4 is 0 Å². The summed E-state index contributed by atoms with van der Waals surface area (Å²) in [7, 11) is 0. The summed E-state index contributed by atoms with van der Waals surface area (Å²) in [6.45, 7) is 4.38. The summed E-state index contributed by atoms with van der Waals surface area (Å²) < 4.78 is 0. The summed E-state index contributed by atoms with van der Waals surface area (Å²) in [5, 5.41) is 7.01. The van der Waals surface area contributed by atoms with Crippen molar-refractivity contribution in [3.8, 4) is 0 Å². The van der Waals surface area contributed by atoms with Gasteiger partial charge in [-0.25, -0.2) is 0 Å². The molecule has 1 aromatic carbocycles. The van der Waals surface area contributed by atoms with Crippen molar-refractivity contribution in [2.45, 2.75) is 45.2 Å². The molecule has 2 aliphatic rings. The van der Waals surface area contributed by atoms with Gasteiger partial charge in [0.05, 0.1) is 0 Å². The Morgan fingerprint density at radius 2 is 2.17 bits per heavy atom. The summed E-state index contributed by atoms with van der Waals surface area (Å²) in [4.78, 5) is 0. The van der Waals surface area contributed by atoms with Gasteiger partial charge in [0.1, 0.15) is 0 Å². The van der Waals surface area contributed by atoms with Crippen LogP contribution in [0.25, 0.3) is 0 Å². The molecule has 0 unspecified atom stereocenters. The van der Waals surface area contributed by atoms with Gasteiger partial charge < -0.3 is 10.6 Å². The number of rotatable bonds is 6. The monoisotopic (exact) mass is 244 g/mol. The molecule has 1 aliphatic heterocycles. The van der Waals surface area contributed by atoms with Gasteiger partial charge in [0, 0.05) is 13.1 Å². The zero-order valence-electron chi connectivity index (χ0n) is 11.2. The number of hydrogen-bond acceptors (Lipinski definition) is 2. The molecule has 2 heteroatoms. The van der Waals surface area contributed by atoms with E-state index in [4.69, 9.17) is 0 Å². The Bertz CT molecular complexity index is 396. The van der Waals surface area contributed by atoms with Gasteiger partial charge in [-0.1, -0.05) is 31.0 Å². The van der Waals surface area contributed by atoms with E-state index in [-0.39, 0.29) is 0 Å². The quantitative estimate of drug-likeness (QED) is 0.752. The molecular formula is C16H24N2. The van der Waals surface area contributed by atoms with Crippen molar-refractivity contribution in [3.05, 3.63) is 34.9 Å². The van der Waals surface area contributed by atoms with Crippen molar-refractivity contribution in [1.82, 2.24) is 10.6 Å². The average molecular weight is 244 g/mol. The van der Waals surface area contributed by atoms with E-state index in [9.17, 15) is 0 Å². The first kappa shape index (κ1) is 12.2. The van der Waals surface area contributed by atoms with Crippen LogP contribution in [0.15, 0.2) is 18.2 Å². The minimum absolute atomic E-state index is 1.03. The molecule has 1 heterocycles. The normalized spacial score (nSPS) is 18.7. The average Bonchev–Trinajstić information content (AvgIpc) is 3.22. The second-order valence-corrected chi connectivity index (χ2v) is 5.79. The fourth-order valence-electron chi connectivity index (χ4n) is 2.80. The maximum Gasteiger partial charge on any atom is 0.0208 e. The van der Waals surface area contributed by atoms with Crippen LogP contribution in [-0.4, -0.2) is 13.1 Å². The molecule has 0 amide bonds. The fraction of sp³-hybridized carbons (Fsp3) is 0.625. The maximum absolute atomic E-state index is 3.57. The first-order valence-corrected chi connectivity index (χ1v) is 7.44. The summed E-state index contributed by atoms with van der Waals surface area (Å²) >= 11 is 0. The molecule has 18 heavy (non-hydrogen) atoms. The molecular weight excluding hydrogens is 220 g/mol. The molecule has 98 valence electrons. The van der Waals surface area contributed by atoms with Crippen LogP contribution < -0.4 is 10.6 Å². The Hall–Kier alpha value is -0.860. The molecule has 1 aromatic rings. The molecule has 0 radical (unpaired) electrons. The third-order valence-electron chi connectivity index (χ3n) is 4.15.